The maximum absolute atomic E-state index is 5.16. The van der Waals surface area contributed by atoms with Crippen LogP contribution < -0.4 is 5.32 Å². The summed E-state index contributed by atoms with van der Waals surface area (Å²) in [6.07, 6.45) is 7.17. The molecule has 0 heterocycles. The predicted molar refractivity (Wildman–Crippen MR) is 64.1 cm³/mol. The number of ether oxygens (including phenoxy) is 1. The van der Waals surface area contributed by atoms with Crippen molar-refractivity contribution in [1.29, 1.82) is 0 Å². The van der Waals surface area contributed by atoms with Crippen molar-refractivity contribution in [3.63, 3.8) is 0 Å². The van der Waals surface area contributed by atoms with Crippen molar-refractivity contribution in [3.05, 3.63) is 0 Å². The molecule has 0 saturated heterocycles. The van der Waals surface area contributed by atoms with E-state index in [0.29, 0.717) is 6.04 Å². The van der Waals surface area contributed by atoms with Crippen LogP contribution in [0.3, 0.4) is 0 Å². The Labute approximate surface area is 92.2 Å². The van der Waals surface area contributed by atoms with Crippen LogP contribution >= 0.6 is 11.8 Å². The molecule has 0 aromatic rings. The van der Waals surface area contributed by atoms with Crippen molar-refractivity contribution in [3.8, 4) is 0 Å². The summed E-state index contributed by atoms with van der Waals surface area (Å²) in [5.41, 5.74) is 0. The fraction of sp³-hybridized carbons (Fsp3) is 1.00. The van der Waals surface area contributed by atoms with Crippen molar-refractivity contribution in [2.75, 3.05) is 26.5 Å². The summed E-state index contributed by atoms with van der Waals surface area (Å²) in [6, 6.07) is 0.520. The van der Waals surface area contributed by atoms with E-state index < -0.39 is 0 Å². The zero-order chi connectivity index (χ0) is 10.2. The first-order valence-electron chi connectivity index (χ1n) is 5.64. The van der Waals surface area contributed by atoms with Crippen molar-refractivity contribution in [1.82, 2.24) is 5.32 Å². The molecule has 84 valence electrons. The molecule has 1 atom stereocenters. The molecule has 1 rings (SSSR count). The highest BCUT2D eigenvalue weighted by molar-refractivity contribution is 7.99. The van der Waals surface area contributed by atoms with E-state index in [1.165, 1.54) is 37.9 Å². The van der Waals surface area contributed by atoms with E-state index in [2.05, 4.69) is 17.1 Å². The molecular weight excluding hydrogens is 194 g/mol. The first-order chi connectivity index (χ1) is 6.86. The number of nitrogens with one attached hydrogen (secondary N) is 1. The van der Waals surface area contributed by atoms with E-state index in [0.717, 1.165) is 11.9 Å². The van der Waals surface area contributed by atoms with Gasteiger partial charge in [0.1, 0.15) is 0 Å². The monoisotopic (exact) mass is 217 g/mol. The normalized spacial score (nSPS) is 21.0. The Balaban J connectivity index is 2.10. The number of hydrogen-bond acceptors (Lipinski definition) is 3. The Morgan fingerprint density at radius 1 is 1.36 bits per heavy atom. The van der Waals surface area contributed by atoms with E-state index in [9.17, 15) is 0 Å². The molecule has 0 aromatic carbocycles. The van der Waals surface area contributed by atoms with Gasteiger partial charge in [-0.1, -0.05) is 19.3 Å². The maximum atomic E-state index is 5.16. The van der Waals surface area contributed by atoms with Gasteiger partial charge in [0.2, 0.25) is 0 Å². The van der Waals surface area contributed by atoms with Crippen molar-refractivity contribution in [2.24, 2.45) is 0 Å². The van der Waals surface area contributed by atoms with Gasteiger partial charge in [-0.25, -0.2) is 0 Å². The second-order valence-corrected chi connectivity index (χ2v) is 5.37. The van der Waals surface area contributed by atoms with Crippen LogP contribution in [0.5, 0.6) is 0 Å². The molecular formula is C11H23NOS. The molecule has 2 nitrogen and oxygen atoms in total. The smallest absolute Gasteiger partial charge is 0.0623 e. The third-order valence-corrected chi connectivity index (χ3v) is 4.40. The number of hydrogen-bond donors (Lipinski definition) is 1. The molecule has 0 amide bonds. The molecule has 1 fully saturated rings. The zero-order valence-corrected chi connectivity index (χ0v) is 10.2. The zero-order valence-electron chi connectivity index (χ0n) is 9.42. The van der Waals surface area contributed by atoms with Crippen LogP contribution in [0.2, 0.25) is 0 Å². The highest BCUT2D eigenvalue weighted by atomic mass is 32.2. The van der Waals surface area contributed by atoms with E-state index in [-0.39, 0.29) is 0 Å². The molecule has 0 aliphatic heterocycles. The van der Waals surface area contributed by atoms with Gasteiger partial charge in [0.15, 0.2) is 0 Å². The fourth-order valence-electron chi connectivity index (χ4n) is 1.90. The maximum Gasteiger partial charge on any atom is 0.0623 e. The third-order valence-electron chi connectivity index (χ3n) is 2.86. The second-order valence-electron chi connectivity index (χ2n) is 4.03. The van der Waals surface area contributed by atoms with Crippen LogP contribution in [-0.4, -0.2) is 37.8 Å². The Morgan fingerprint density at radius 3 is 2.64 bits per heavy atom. The number of thioether (sulfide) groups is 1. The minimum absolute atomic E-state index is 0.520. The van der Waals surface area contributed by atoms with Crippen LogP contribution in [0.15, 0.2) is 0 Å². The van der Waals surface area contributed by atoms with Gasteiger partial charge in [-0.15, -0.1) is 0 Å². The lowest BCUT2D eigenvalue weighted by atomic mass is 10.0. The minimum Gasteiger partial charge on any atom is -0.383 e. The fourth-order valence-corrected chi connectivity index (χ4v) is 3.33. The lowest BCUT2D eigenvalue weighted by Crippen LogP contribution is -2.33. The van der Waals surface area contributed by atoms with Gasteiger partial charge >= 0.3 is 0 Å². The highest BCUT2D eigenvalue weighted by Crippen LogP contribution is 2.28. The number of methoxy groups -OCH3 is 1. The quantitative estimate of drug-likeness (QED) is 0.737. The topological polar surface area (TPSA) is 21.3 Å². The molecule has 0 spiro atoms. The number of rotatable bonds is 6. The molecule has 1 N–H and O–H groups in total. The van der Waals surface area contributed by atoms with E-state index in [1.807, 2.05) is 7.05 Å². The third kappa shape index (κ3) is 4.67. The van der Waals surface area contributed by atoms with Gasteiger partial charge < -0.3 is 10.1 Å². The summed E-state index contributed by atoms with van der Waals surface area (Å²) in [7, 11) is 3.79. The SMILES string of the molecule is CNC(COC)CSC1CCCCC1. The molecule has 1 unspecified atom stereocenters. The van der Waals surface area contributed by atoms with Crippen LogP contribution in [0.25, 0.3) is 0 Å². The summed E-state index contributed by atoms with van der Waals surface area (Å²) < 4.78 is 5.16. The Bertz CT molecular complexity index is 132. The van der Waals surface area contributed by atoms with Crippen LogP contribution in [0.1, 0.15) is 32.1 Å². The highest BCUT2D eigenvalue weighted by Gasteiger charge is 2.15. The van der Waals surface area contributed by atoms with Crippen molar-refractivity contribution < 1.29 is 4.74 Å². The Hall–Kier alpha value is 0.270. The summed E-state index contributed by atoms with van der Waals surface area (Å²) in [6.45, 7) is 0.830. The molecule has 14 heavy (non-hydrogen) atoms. The lowest BCUT2D eigenvalue weighted by Gasteiger charge is -2.23. The van der Waals surface area contributed by atoms with Crippen molar-refractivity contribution >= 4 is 11.8 Å². The van der Waals surface area contributed by atoms with Crippen LogP contribution in [0, 0.1) is 0 Å². The average molecular weight is 217 g/mol. The standard InChI is InChI=1S/C11H23NOS/c1-12-10(8-13-2)9-14-11-6-4-3-5-7-11/h10-12H,3-9H2,1-2H3. The molecule has 0 radical (unpaired) electrons. The van der Waals surface area contributed by atoms with E-state index in [4.69, 9.17) is 4.74 Å². The Kier molecular flexibility index (Phi) is 6.65. The van der Waals surface area contributed by atoms with Crippen molar-refractivity contribution in [2.45, 2.75) is 43.4 Å². The summed E-state index contributed by atoms with van der Waals surface area (Å²) in [4.78, 5) is 0. The molecule has 1 aliphatic carbocycles. The second kappa shape index (κ2) is 7.55. The first-order valence-corrected chi connectivity index (χ1v) is 6.69. The van der Waals surface area contributed by atoms with Crippen LogP contribution in [0.4, 0.5) is 0 Å². The molecule has 1 saturated carbocycles. The largest absolute Gasteiger partial charge is 0.383 e. The summed E-state index contributed by atoms with van der Waals surface area (Å²) in [5.74, 6) is 1.19. The van der Waals surface area contributed by atoms with Gasteiger partial charge in [0.25, 0.3) is 0 Å². The van der Waals surface area contributed by atoms with Gasteiger partial charge in [-0.05, 0) is 19.9 Å². The summed E-state index contributed by atoms with van der Waals surface area (Å²) in [5, 5.41) is 4.21. The Morgan fingerprint density at radius 2 is 2.07 bits per heavy atom. The molecule has 0 bridgehead atoms. The summed E-state index contributed by atoms with van der Waals surface area (Å²) >= 11 is 2.13. The lowest BCUT2D eigenvalue weighted by molar-refractivity contribution is 0.177. The van der Waals surface area contributed by atoms with E-state index >= 15 is 0 Å². The average Bonchev–Trinajstić information content (AvgIpc) is 2.25. The molecule has 3 heteroatoms. The molecule has 1 aliphatic rings. The van der Waals surface area contributed by atoms with Gasteiger partial charge in [-0.3, -0.25) is 0 Å². The minimum atomic E-state index is 0.520. The van der Waals surface area contributed by atoms with Gasteiger partial charge in [0.05, 0.1) is 6.61 Å². The molecule has 0 aromatic heterocycles. The predicted octanol–water partition coefficient (Wildman–Crippen LogP) is 2.29. The number of likely N-dealkylation sites (N-methyl/N-ethyl adjacent to an activating group) is 1. The van der Waals surface area contributed by atoms with E-state index in [1.54, 1.807) is 7.11 Å². The van der Waals surface area contributed by atoms with Gasteiger partial charge in [-0.2, -0.15) is 11.8 Å². The first kappa shape index (κ1) is 12.3. The van der Waals surface area contributed by atoms with Crippen LogP contribution in [-0.2, 0) is 4.74 Å². The van der Waals surface area contributed by atoms with Gasteiger partial charge in [0, 0.05) is 24.2 Å².